The molecule has 20 heavy (non-hydrogen) atoms. The van der Waals surface area contributed by atoms with E-state index >= 15 is 0 Å². The first-order chi connectivity index (χ1) is 9.52. The van der Waals surface area contributed by atoms with E-state index in [-0.39, 0.29) is 11.3 Å². The molecule has 1 heterocycles. The molecule has 2 rings (SSSR count). The van der Waals surface area contributed by atoms with Crippen LogP contribution in [0, 0.1) is 10.1 Å². The van der Waals surface area contributed by atoms with Crippen LogP contribution < -0.4 is 10.7 Å². The smallest absolute Gasteiger partial charge is 0.270 e. The number of nitrogens with zero attached hydrogens (tertiary/aromatic N) is 4. The zero-order valence-corrected chi connectivity index (χ0v) is 11.3. The van der Waals surface area contributed by atoms with E-state index in [2.05, 4.69) is 5.22 Å². The first-order valence-electron chi connectivity index (χ1n) is 5.91. The number of amides is 1. The third-order valence-electron chi connectivity index (χ3n) is 2.88. The summed E-state index contributed by atoms with van der Waals surface area (Å²) in [5, 5.41) is 16.6. The normalized spacial score (nSPS) is 14.2. The van der Waals surface area contributed by atoms with Gasteiger partial charge in [-0.05, 0) is 6.07 Å². The molecule has 0 fully saturated rings. The van der Waals surface area contributed by atoms with Gasteiger partial charge in [0, 0.05) is 12.1 Å². The molecular formula is C11H13ClN5O3+. The summed E-state index contributed by atoms with van der Waals surface area (Å²) in [5.74, 6) is -0.282. The van der Waals surface area contributed by atoms with Crippen LogP contribution in [0.15, 0.2) is 23.4 Å². The summed E-state index contributed by atoms with van der Waals surface area (Å²) in [4.78, 5) is 21.6. The van der Waals surface area contributed by atoms with E-state index < -0.39 is 10.8 Å². The number of primary amides is 1. The lowest BCUT2D eigenvalue weighted by Crippen LogP contribution is -2.20. The number of rotatable bonds is 5. The fourth-order valence-corrected chi connectivity index (χ4v) is 2.13. The third-order valence-corrected chi connectivity index (χ3v) is 3.05. The number of carbonyl (C=O) groups excluding carboxylic acids is 1. The molecule has 0 spiro atoms. The van der Waals surface area contributed by atoms with E-state index in [1.165, 1.54) is 12.1 Å². The number of anilines is 1. The van der Waals surface area contributed by atoms with Gasteiger partial charge in [-0.3, -0.25) is 14.9 Å². The van der Waals surface area contributed by atoms with Gasteiger partial charge in [-0.25, -0.2) is 0 Å². The predicted octanol–water partition coefficient (Wildman–Crippen LogP) is 1.13. The van der Waals surface area contributed by atoms with Crippen LogP contribution in [0.3, 0.4) is 0 Å². The molecule has 1 aliphatic rings. The number of hydrogen-bond acceptors (Lipinski definition) is 5. The van der Waals surface area contributed by atoms with Crippen LogP contribution in [-0.4, -0.2) is 41.0 Å². The number of nitro benzene ring substituents is 1. The van der Waals surface area contributed by atoms with Crippen molar-refractivity contribution >= 4 is 28.9 Å². The Hall–Kier alpha value is -2.22. The summed E-state index contributed by atoms with van der Waals surface area (Å²) in [6, 6.07) is 3.96. The summed E-state index contributed by atoms with van der Waals surface area (Å²) in [6.45, 7) is 1.83. The van der Waals surface area contributed by atoms with Crippen LogP contribution >= 0.6 is 11.6 Å². The molecule has 8 nitrogen and oxygen atoms in total. The molecular weight excluding hydrogens is 286 g/mol. The van der Waals surface area contributed by atoms with E-state index in [0.717, 1.165) is 6.07 Å². The van der Waals surface area contributed by atoms with Crippen molar-refractivity contribution in [2.75, 3.05) is 30.5 Å². The minimum atomic E-state index is -0.727. The second kappa shape index (κ2) is 5.83. The van der Waals surface area contributed by atoms with Gasteiger partial charge >= 0.3 is 0 Å². The van der Waals surface area contributed by atoms with E-state index in [9.17, 15) is 14.9 Å². The summed E-state index contributed by atoms with van der Waals surface area (Å²) in [6.07, 6.45) is 0. The van der Waals surface area contributed by atoms with Gasteiger partial charge < -0.3 is 5.73 Å². The lowest BCUT2D eigenvalue weighted by Gasteiger charge is -2.07. The fourth-order valence-electron chi connectivity index (χ4n) is 1.94. The average Bonchev–Trinajstić information content (AvgIpc) is 2.86. The number of nitrogens with two attached hydrogens (primary N) is 1. The lowest BCUT2D eigenvalue weighted by molar-refractivity contribution is -0.575. The zero-order chi connectivity index (χ0) is 14.7. The van der Waals surface area contributed by atoms with Crippen molar-refractivity contribution in [1.29, 1.82) is 0 Å². The number of carbonyl (C=O) groups is 1. The third kappa shape index (κ3) is 2.85. The molecule has 0 bridgehead atoms. The Morgan fingerprint density at radius 1 is 1.60 bits per heavy atom. The molecule has 2 N–H and O–H groups in total. The Labute approximate surface area is 119 Å². The standard InChI is InChI=1S/C11H12ClN5O3/c12-3-4-15-5-6-16(14-15)10-2-1-8(17(19)20)7-9(10)11(13)18/h1-2,7H,3-6H2,(H-,13,18)/p+1. The highest BCUT2D eigenvalue weighted by Crippen LogP contribution is 2.26. The molecule has 9 heteroatoms. The molecule has 0 aliphatic carbocycles. The SMILES string of the molecule is NC(=O)c1cc([N+](=O)[O-])ccc1N1CC[N+](CCCl)=N1. The number of halogens is 1. The van der Waals surface area contributed by atoms with Crippen LogP contribution in [0.2, 0.25) is 0 Å². The topological polar surface area (TPSA) is 105 Å². The molecule has 0 unspecified atom stereocenters. The molecule has 0 aromatic heterocycles. The number of benzene rings is 1. The van der Waals surface area contributed by atoms with Gasteiger partial charge in [-0.15, -0.1) is 16.6 Å². The molecule has 106 valence electrons. The largest absolute Gasteiger partial charge is 0.365 e. The molecule has 0 saturated carbocycles. The molecule has 1 amide bonds. The number of alkyl halides is 1. The monoisotopic (exact) mass is 298 g/mol. The van der Waals surface area contributed by atoms with Gasteiger partial charge in [0.05, 0.1) is 21.6 Å². The Kier molecular flexibility index (Phi) is 4.14. The van der Waals surface area contributed by atoms with Gasteiger partial charge in [0.2, 0.25) is 0 Å². The van der Waals surface area contributed by atoms with Gasteiger partial charge in [-0.2, -0.15) is 4.70 Å². The quantitative estimate of drug-likeness (QED) is 0.381. The van der Waals surface area contributed by atoms with Crippen molar-refractivity contribution in [2.45, 2.75) is 0 Å². The lowest BCUT2D eigenvalue weighted by atomic mass is 10.1. The first-order valence-corrected chi connectivity index (χ1v) is 6.44. The highest BCUT2D eigenvalue weighted by molar-refractivity contribution is 6.17. The summed E-state index contributed by atoms with van der Waals surface area (Å²) in [7, 11) is 0. The molecule has 0 saturated heterocycles. The second-order valence-corrected chi connectivity index (χ2v) is 4.56. The van der Waals surface area contributed by atoms with Crippen molar-refractivity contribution < 1.29 is 14.4 Å². The molecule has 0 atom stereocenters. The Morgan fingerprint density at radius 3 is 2.95 bits per heavy atom. The highest BCUT2D eigenvalue weighted by atomic mass is 35.5. The fraction of sp³-hybridized carbons (Fsp3) is 0.364. The Morgan fingerprint density at radius 2 is 2.35 bits per heavy atom. The molecule has 1 aromatic carbocycles. The molecule has 0 radical (unpaired) electrons. The maximum Gasteiger partial charge on any atom is 0.270 e. The van der Waals surface area contributed by atoms with Crippen molar-refractivity contribution in [3.05, 3.63) is 33.9 Å². The molecule has 1 aromatic rings. The van der Waals surface area contributed by atoms with E-state index in [0.29, 0.717) is 31.2 Å². The number of nitro groups is 1. The highest BCUT2D eigenvalue weighted by Gasteiger charge is 2.28. The van der Waals surface area contributed by atoms with Crippen LogP contribution in [0.1, 0.15) is 10.4 Å². The summed E-state index contributed by atoms with van der Waals surface area (Å²) in [5.41, 5.74) is 5.64. The van der Waals surface area contributed by atoms with E-state index in [1.54, 1.807) is 9.71 Å². The maximum atomic E-state index is 11.5. The van der Waals surface area contributed by atoms with Crippen LogP contribution in [0.4, 0.5) is 11.4 Å². The minimum Gasteiger partial charge on any atom is -0.365 e. The van der Waals surface area contributed by atoms with Crippen molar-refractivity contribution in [3.63, 3.8) is 0 Å². The second-order valence-electron chi connectivity index (χ2n) is 4.18. The maximum absolute atomic E-state index is 11.5. The van der Waals surface area contributed by atoms with Crippen molar-refractivity contribution in [3.8, 4) is 0 Å². The van der Waals surface area contributed by atoms with Gasteiger partial charge in [0.25, 0.3) is 11.6 Å². The number of non-ortho nitro benzene ring substituents is 1. The van der Waals surface area contributed by atoms with Crippen molar-refractivity contribution in [1.82, 2.24) is 0 Å². The van der Waals surface area contributed by atoms with Gasteiger partial charge in [-0.1, -0.05) is 0 Å². The van der Waals surface area contributed by atoms with Crippen LogP contribution in [0.25, 0.3) is 0 Å². The van der Waals surface area contributed by atoms with E-state index in [4.69, 9.17) is 17.3 Å². The Balaban J connectivity index is 2.37. The summed E-state index contributed by atoms with van der Waals surface area (Å²) < 4.78 is 1.76. The van der Waals surface area contributed by atoms with E-state index in [1.807, 2.05) is 0 Å². The predicted molar refractivity (Wildman–Crippen MR) is 72.1 cm³/mol. The Bertz CT molecular complexity index is 589. The average molecular weight is 299 g/mol. The van der Waals surface area contributed by atoms with Gasteiger partial charge in [0.15, 0.2) is 12.2 Å². The first kappa shape index (κ1) is 14.2. The van der Waals surface area contributed by atoms with Crippen LogP contribution in [-0.2, 0) is 0 Å². The zero-order valence-electron chi connectivity index (χ0n) is 10.5. The molecule has 1 aliphatic heterocycles. The van der Waals surface area contributed by atoms with Crippen LogP contribution in [0.5, 0.6) is 0 Å². The minimum absolute atomic E-state index is 0.0793. The summed E-state index contributed by atoms with van der Waals surface area (Å²) >= 11 is 5.64. The van der Waals surface area contributed by atoms with Gasteiger partial charge in [0.1, 0.15) is 13.1 Å². The number of hydrogen-bond donors (Lipinski definition) is 1. The van der Waals surface area contributed by atoms with Crippen molar-refractivity contribution in [2.24, 2.45) is 11.0 Å².